The maximum Gasteiger partial charge on any atom is 0.271 e. The zero-order valence-electron chi connectivity index (χ0n) is 14.5. The first-order valence-corrected chi connectivity index (χ1v) is 10.0. The summed E-state index contributed by atoms with van der Waals surface area (Å²) in [4.78, 5) is 17.5. The highest BCUT2D eigenvalue weighted by molar-refractivity contribution is 9.10. The highest BCUT2D eigenvalue weighted by Crippen LogP contribution is 2.33. The average Bonchev–Trinajstić information content (AvgIpc) is 3.15. The van der Waals surface area contributed by atoms with Crippen LogP contribution in [0.4, 0.5) is 0 Å². The summed E-state index contributed by atoms with van der Waals surface area (Å²) in [5.74, 6) is 0.255. The number of hydrogen-bond acceptors (Lipinski definition) is 5. The van der Waals surface area contributed by atoms with Gasteiger partial charge in [-0.1, -0.05) is 40.2 Å². The van der Waals surface area contributed by atoms with Crippen molar-refractivity contribution in [1.29, 1.82) is 0 Å². The minimum Gasteiger partial charge on any atom is -0.448 e. The van der Waals surface area contributed by atoms with Gasteiger partial charge >= 0.3 is 0 Å². The summed E-state index contributed by atoms with van der Waals surface area (Å²) in [6.45, 7) is 0. The molecule has 0 fully saturated rings. The lowest BCUT2D eigenvalue weighted by molar-refractivity contribution is 0.0955. The molecule has 2 heterocycles. The third-order valence-electron chi connectivity index (χ3n) is 3.85. The fourth-order valence-electron chi connectivity index (χ4n) is 2.57. The van der Waals surface area contributed by atoms with Crippen LogP contribution in [-0.2, 0) is 0 Å². The van der Waals surface area contributed by atoms with Crippen molar-refractivity contribution in [2.24, 2.45) is 5.10 Å². The van der Waals surface area contributed by atoms with Crippen LogP contribution >= 0.6 is 27.7 Å². The third-order valence-corrected chi connectivity index (χ3v) is 5.32. The van der Waals surface area contributed by atoms with Crippen LogP contribution in [0.5, 0.6) is 0 Å². The number of pyridine rings is 1. The number of nitrogens with one attached hydrogen (secondary N) is 1. The largest absolute Gasteiger partial charge is 0.448 e. The van der Waals surface area contributed by atoms with Gasteiger partial charge in [-0.2, -0.15) is 5.10 Å². The Morgan fingerprint density at radius 1 is 1.11 bits per heavy atom. The van der Waals surface area contributed by atoms with E-state index in [0.29, 0.717) is 11.3 Å². The Hall–Kier alpha value is -2.90. The van der Waals surface area contributed by atoms with Gasteiger partial charge < -0.3 is 4.42 Å². The Morgan fingerprint density at radius 2 is 1.96 bits per heavy atom. The van der Waals surface area contributed by atoms with E-state index in [-0.39, 0.29) is 5.91 Å². The van der Waals surface area contributed by atoms with Gasteiger partial charge in [0.15, 0.2) is 5.09 Å². The summed E-state index contributed by atoms with van der Waals surface area (Å²) in [7, 11) is 0. The van der Waals surface area contributed by atoms with Gasteiger partial charge in [0.05, 0.1) is 11.7 Å². The normalized spacial score (nSPS) is 11.2. The van der Waals surface area contributed by atoms with Crippen LogP contribution in [0.1, 0.15) is 16.1 Å². The van der Waals surface area contributed by atoms with Crippen molar-refractivity contribution in [1.82, 2.24) is 10.4 Å². The number of benzene rings is 2. The molecular weight excluding hydrogens is 438 g/mol. The lowest BCUT2D eigenvalue weighted by Crippen LogP contribution is -2.17. The van der Waals surface area contributed by atoms with Gasteiger partial charge in [-0.15, -0.1) is 0 Å². The molecular formula is C21H14BrN3O2S. The van der Waals surface area contributed by atoms with Crippen molar-refractivity contribution in [3.63, 3.8) is 0 Å². The lowest BCUT2D eigenvalue weighted by atomic mass is 10.2. The summed E-state index contributed by atoms with van der Waals surface area (Å²) in [6, 6.07) is 20.7. The maximum absolute atomic E-state index is 12.1. The number of carbonyl (C=O) groups excluding carboxylic acids is 1. The quantitative estimate of drug-likeness (QED) is 0.321. The molecule has 0 aliphatic heterocycles. The molecule has 0 bridgehead atoms. The SMILES string of the molecule is O=C(N/N=C\c1ccc(Sc2cccc3cccnc23)o1)c1cccc(Br)c1. The predicted molar refractivity (Wildman–Crippen MR) is 114 cm³/mol. The number of hydrazone groups is 1. The zero-order valence-corrected chi connectivity index (χ0v) is 16.9. The summed E-state index contributed by atoms with van der Waals surface area (Å²) < 4.78 is 6.60. The van der Waals surface area contributed by atoms with Crippen LogP contribution < -0.4 is 5.43 Å². The van der Waals surface area contributed by atoms with E-state index in [2.05, 4.69) is 31.4 Å². The first-order valence-electron chi connectivity index (χ1n) is 8.39. The van der Waals surface area contributed by atoms with Gasteiger partial charge in [0.2, 0.25) is 0 Å². The van der Waals surface area contributed by atoms with Gasteiger partial charge in [0, 0.05) is 26.5 Å². The average molecular weight is 452 g/mol. The van der Waals surface area contributed by atoms with E-state index >= 15 is 0 Å². The molecule has 0 atom stereocenters. The Labute approximate surface area is 174 Å². The molecule has 2 aromatic heterocycles. The zero-order chi connectivity index (χ0) is 19.3. The van der Waals surface area contributed by atoms with E-state index in [1.807, 2.05) is 42.5 Å². The Morgan fingerprint density at radius 3 is 2.86 bits per heavy atom. The highest BCUT2D eigenvalue weighted by atomic mass is 79.9. The molecule has 0 unspecified atom stereocenters. The first kappa shape index (κ1) is 18.5. The molecule has 4 rings (SSSR count). The summed E-state index contributed by atoms with van der Waals surface area (Å²) in [6.07, 6.45) is 3.25. The molecule has 5 nitrogen and oxygen atoms in total. The molecule has 0 aliphatic rings. The summed E-state index contributed by atoms with van der Waals surface area (Å²) in [5.41, 5.74) is 3.94. The number of furan rings is 1. The lowest BCUT2D eigenvalue weighted by Gasteiger charge is -2.02. The van der Waals surface area contributed by atoms with Crippen LogP contribution in [0.3, 0.4) is 0 Å². The fraction of sp³-hybridized carbons (Fsp3) is 0. The monoisotopic (exact) mass is 451 g/mol. The third kappa shape index (κ3) is 4.32. The number of carbonyl (C=O) groups is 1. The second-order valence-electron chi connectivity index (χ2n) is 5.80. The minimum atomic E-state index is -0.291. The molecule has 1 N–H and O–H groups in total. The molecule has 0 radical (unpaired) electrons. The topological polar surface area (TPSA) is 67.5 Å². The number of nitrogens with zero attached hydrogens (tertiary/aromatic N) is 2. The number of amides is 1. The molecule has 2 aromatic carbocycles. The molecule has 1 amide bonds. The minimum absolute atomic E-state index is 0.291. The first-order chi connectivity index (χ1) is 13.7. The van der Waals surface area contributed by atoms with Gasteiger partial charge in [-0.05, 0) is 54.2 Å². The van der Waals surface area contributed by atoms with E-state index in [4.69, 9.17) is 4.42 Å². The second kappa shape index (κ2) is 8.41. The number of hydrogen-bond donors (Lipinski definition) is 1. The van der Waals surface area contributed by atoms with Gasteiger partial charge in [-0.3, -0.25) is 9.78 Å². The molecule has 28 heavy (non-hydrogen) atoms. The fourth-order valence-corrected chi connectivity index (χ4v) is 3.88. The molecule has 0 spiro atoms. The van der Waals surface area contributed by atoms with Crippen molar-refractivity contribution < 1.29 is 9.21 Å². The van der Waals surface area contributed by atoms with Gasteiger partial charge in [0.25, 0.3) is 5.91 Å². The van der Waals surface area contributed by atoms with Crippen molar-refractivity contribution in [2.75, 3.05) is 0 Å². The summed E-state index contributed by atoms with van der Waals surface area (Å²) >= 11 is 4.83. The van der Waals surface area contributed by atoms with Gasteiger partial charge in [-0.25, -0.2) is 5.43 Å². The highest BCUT2D eigenvalue weighted by Gasteiger charge is 2.08. The van der Waals surface area contributed by atoms with Crippen LogP contribution in [-0.4, -0.2) is 17.1 Å². The van der Waals surface area contributed by atoms with E-state index in [1.165, 1.54) is 18.0 Å². The van der Waals surface area contributed by atoms with E-state index in [1.54, 1.807) is 30.5 Å². The standard InChI is InChI=1S/C21H14BrN3O2S/c22-16-7-1-5-15(12-16)21(26)25-24-13-17-9-10-19(27-17)28-18-8-2-4-14-6-3-11-23-20(14)18/h1-13H,(H,25,26)/b24-13-. The number of aromatic nitrogens is 1. The van der Waals surface area contributed by atoms with Crippen LogP contribution in [0.2, 0.25) is 0 Å². The number of fused-ring (bicyclic) bond motifs is 1. The number of para-hydroxylation sites is 1. The summed E-state index contributed by atoms with van der Waals surface area (Å²) in [5, 5.41) is 5.76. The van der Waals surface area contributed by atoms with Crippen molar-refractivity contribution >= 4 is 50.7 Å². The van der Waals surface area contributed by atoms with Crippen LogP contribution in [0, 0.1) is 0 Å². The molecule has 0 saturated carbocycles. The second-order valence-corrected chi connectivity index (χ2v) is 7.76. The Kier molecular flexibility index (Phi) is 5.55. The van der Waals surface area contributed by atoms with Crippen molar-refractivity contribution in [2.45, 2.75) is 9.99 Å². The van der Waals surface area contributed by atoms with E-state index in [0.717, 1.165) is 25.4 Å². The smallest absolute Gasteiger partial charge is 0.271 e. The van der Waals surface area contributed by atoms with Crippen molar-refractivity contribution in [3.8, 4) is 0 Å². The molecule has 0 saturated heterocycles. The maximum atomic E-state index is 12.1. The Bertz CT molecular complexity index is 1170. The number of halogens is 1. The Balaban J connectivity index is 1.43. The molecule has 0 aliphatic carbocycles. The van der Waals surface area contributed by atoms with Gasteiger partial charge in [0.1, 0.15) is 5.76 Å². The predicted octanol–water partition coefficient (Wildman–Crippen LogP) is 5.51. The molecule has 138 valence electrons. The van der Waals surface area contributed by atoms with E-state index in [9.17, 15) is 4.79 Å². The molecule has 4 aromatic rings. The number of rotatable bonds is 5. The van der Waals surface area contributed by atoms with Crippen molar-refractivity contribution in [3.05, 3.63) is 88.7 Å². The van der Waals surface area contributed by atoms with E-state index < -0.39 is 0 Å². The van der Waals surface area contributed by atoms with Crippen LogP contribution in [0.15, 0.2) is 96.9 Å². The van der Waals surface area contributed by atoms with Crippen LogP contribution in [0.25, 0.3) is 10.9 Å². The molecule has 7 heteroatoms.